The first kappa shape index (κ1) is 18.6. The normalized spacial score (nSPS) is 14.6. The van der Waals surface area contributed by atoms with Crippen LogP contribution in [0.1, 0.15) is 0 Å². The number of nitrogens with one attached hydrogen (secondary N) is 1. The minimum Gasteiger partial charge on any atom is -0.508 e. The van der Waals surface area contributed by atoms with Crippen LogP contribution in [0.25, 0.3) is 0 Å². The molecule has 0 atom stereocenters. The summed E-state index contributed by atoms with van der Waals surface area (Å²) < 4.78 is 0. The Morgan fingerprint density at radius 3 is 2.56 bits per heavy atom. The lowest BCUT2D eigenvalue weighted by molar-refractivity contribution is -0.112. The van der Waals surface area contributed by atoms with Crippen molar-refractivity contribution in [3.8, 4) is 11.8 Å². The summed E-state index contributed by atoms with van der Waals surface area (Å²) in [6.45, 7) is 2.92. The third-order valence-electron chi connectivity index (χ3n) is 4.27. The molecule has 2 N–H and O–H groups in total. The summed E-state index contributed by atoms with van der Waals surface area (Å²) in [7, 11) is 0. The van der Waals surface area contributed by atoms with Gasteiger partial charge >= 0.3 is 0 Å². The molecule has 1 amide bonds. The van der Waals surface area contributed by atoms with Crippen molar-refractivity contribution < 1.29 is 9.90 Å². The number of nitrogens with zero attached hydrogens (tertiary/aromatic N) is 3. The Bertz CT molecular complexity index is 899. The first-order chi connectivity index (χ1) is 13.0. The number of hydrogen-bond donors (Lipinski definition) is 2. The molecule has 1 aliphatic heterocycles. The molecule has 1 aliphatic rings. The molecule has 0 saturated carbocycles. The van der Waals surface area contributed by atoms with Crippen LogP contribution in [-0.2, 0) is 4.79 Å². The summed E-state index contributed by atoms with van der Waals surface area (Å²) in [5.41, 5.74) is 1.52. The Hall–Kier alpha value is -3.17. The maximum atomic E-state index is 12.3. The molecule has 0 aromatic heterocycles. The number of hydrogen-bond acceptors (Lipinski definition) is 5. The van der Waals surface area contributed by atoms with E-state index in [9.17, 15) is 15.2 Å². The van der Waals surface area contributed by atoms with E-state index in [-0.39, 0.29) is 11.3 Å². The van der Waals surface area contributed by atoms with Crippen molar-refractivity contribution >= 4 is 28.9 Å². The standard InChI is InChI=1S/C20H19ClN4O2/c21-16-3-1-5-18(11-16)25-9-7-24(8-10-25)14-15(13-22)20(27)23-17-4-2-6-19(26)12-17/h1-6,11-12,14,26H,7-10H2,(H,23,27)/b15-14-. The van der Waals surface area contributed by atoms with Gasteiger partial charge in [0.05, 0.1) is 0 Å². The number of halogens is 1. The molecule has 7 heteroatoms. The molecule has 0 aliphatic carbocycles. The number of carbonyl (C=O) groups is 1. The van der Waals surface area contributed by atoms with Crippen LogP contribution >= 0.6 is 11.6 Å². The summed E-state index contributed by atoms with van der Waals surface area (Å²) in [5, 5.41) is 22.1. The minimum absolute atomic E-state index is 0.0227. The van der Waals surface area contributed by atoms with Crippen molar-refractivity contribution in [1.82, 2.24) is 4.90 Å². The number of piperazine rings is 1. The maximum absolute atomic E-state index is 12.3. The van der Waals surface area contributed by atoms with Crippen molar-refractivity contribution in [2.24, 2.45) is 0 Å². The third-order valence-corrected chi connectivity index (χ3v) is 4.50. The van der Waals surface area contributed by atoms with E-state index in [1.165, 1.54) is 12.1 Å². The van der Waals surface area contributed by atoms with Gasteiger partial charge in [-0.15, -0.1) is 0 Å². The summed E-state index contributed by atoms with van der Waals surface area (Å²) in [6.07, 6.45) is 1.59. The van der Waals surface area contributed by atoms with Gasteiger partial charge in [-0.1, -0.05) is 23.7 Å². The molecule has 0 radical (unpaired) electrons. The number of nitriles is 1. The van der Waals surface area contributed by atoms with E-state index < -0.39 is 5.91 Å². The highest BCUT2D eigenvalue weighted by Gasteiger charge is 2.18. The molecule has 0 unspecified atom stereocenters. The van der Waals surface area contributed by atoms with Crippen molar-refractivity contribution in [1.29, 1.82) is 5.26 Å². The third kappa shape index (κ3) is 4.93. The predicted molar refractivity (Wildman–Crippen MR) is 106 cm³/mol. The SMILES string of the molecule is N#C/C(=C/N1CCN(c2cccc(Cl)c2)CC1)C(=O)Nc1cccc(O)c1. The van der Waals surface area contributed by atoms with E-state index in [2.05, 4.69) is 10.2 Å². The molecule has 1 heterocycles. The quantitative estimate of drug-likeness (QED) is 0.627. The van der Waals surface area contributed by atoms with Gasteiger partial charge in [-0.05, 0) is 30.3 Å². The second kappa shape index (κ2) is 8.47. The summed E-state index contributed by atoms with van der Waals surface area (Å²) >= 11 is 6.05. The fraction of sp³-hybridized carbons (Fsp3) is 0.200. The molecule has 1 saturated heterocycles. The summed E-state index contributed by atoms with van der Waals surface area (Å²) in [4.78, 5) is 16.5. The van der Waals surface area contributed by atoms with Gasteiger partial charge in [0, 0.05) is 54.8 Å². The number of benzene rings is 2. The van der Waals surface area contributed by atoms with Gasteiger partial charge in [-0.25, -0.2) is 0 Å². The average molecular weight is 383 g/mol. The van der Waals surface area contributed by atoms with Crippen molar-refractivity contribution in [2.45, 2.75) is 0 Å². The van der Waals surface area contributed by atoms with E-state index in [0.717, 1.165) is 18.8 Å². The second-order valence-electron chi connectivity index (χ2n) is 6.16. The molecule has 27 heavy (non-hydrogen) atoms. The van der Waals surface area contributed by atoms with Crippen LogP contribution in [0.5, 0.6) is 5.75 Å². The van der Waals surface area contributed by atoms with Gasteiger partial charge < -0.3 is 20.2 Å². The highest BCUT2D eigenvalue weighted by atomic mass is 35.5. The number of phenols is 1. The lowest BCUT2D eigenvalue weighted by Crippen LogP contribution is -2.44. The topological polar surface area (TPSA) is 79.6 Å². The molecule has 2 aromatic rings. The highest BCUT2D eigenvalue weighted by Crippen LogP contribution is 2.21. The fourth-order valence-electron chi connectivity index (χ4n) is 2.88. The summed E-state index contributed by atoms with van der Waals surface area (Å²) in [5.74, 6) is -0.451. The van der Waals surface area contributed by atoms with E-state index in [1.807, 2.05) is 35.2 Å². The Morgan fingerprint density at radius 2 is 1.89 bits per heavy atom. The van der Waals surface area contributed by atoms with Crippen LogP contribution in [0.3, 0.4) is 0 Å². The molecule has 3 rings (SSSR count). The largest absolute Gasteiger partial charge is 0.508 e. The fourth-order valence-corrected chi connectivity index (χ4v) is 3.07. The Kier molecular flexibility index (Phi) is 5.84. The van der Waals surface area contributed by atoms with E-state index in [1.54, 1.807) is 18.3 Å². The molecule has 138 valence electrons. The monoisotopic (exact) mass is 382 g/mol. The lowest BCUT2D eigenvalue weighted by atomic mass is 10.2. The number of carbonyl (C=O) groups excluding carboxylic acids is 1. The smallest absolute Gasteiger partial charge is 0.267 e. The molecule has 2 aromatic carbocycles. The second-order valence-corrected chi connectivity index (χ2v) is 6.60. The average Bonchev–Trinajstić information content (AvgIpc) is 2.66. The number of anilines is 2. The number of amides is 1. The zero-order chi connectivity index (χ0) is 19.2. The van der Waals surface area contributed by atoms with E-state index in [0.29, 0.717) is 23.8 Å². The number of phenolic OH excluding ortho intramolecular Hbond substituents is 1. The van der Waals surface area contributed by atoms with Gasteiger partial charge in [0.1, 0.15) is 17.4 Å². The van der Waals surface area contributed by atoms with Gasteiger partial charge in [0.25, 0.3) is 5.91 Å². The first-order valence-electron chi connectivity index (χ1n) is 8.52. The van der Waals surface area contributed by atoms with Gasteiger partial charge in [-0.3, -0.25) is 4.79 Å². The number of rotatable bonds is 4. The Morgan fingerprint density at radius 1 is 1.15 bits per heavy atom. The van der Waals surface area contributed by atoms with Crippen molar-refractivity contribution in [3.05, 3.63) is 65.3 Å². The molecule has 0 spiro atoms. The first-order valence-corrected chi connectivity index (χ1v) is 8.90. The van der Waals surface area contributed by atoms with Crippen LogP contribution in [0.4, 0.5) is 11.4 Å². The predicted octanol–water partition coefficient (Wildman–Crippen LogP) is 3.21. The molecular formula is C20H19ClN4O2. The molecule has 6 nitrogen and oxygen atoms in total. The Balaban J connectivity index is 1.61. The van der Waals surface area contributed by atoms with Crippen LogP contribution in [-0.4, -0.2) is 42.1 Å². The van der Waals surface area contributed by atoms with Crippen LogP contribution in [0.2, 0.25) is 5.02 Å². The zero-order valence-electron chi connectivity index (χ0n) is 14.6. The zero-order valence-corrected chi connectivity index (χ0v) is 15.4. The van der Waals surface area contributed by atoms with Gasteiger partial charge in [0.2, 0.25) is 0 Å². The number of aromatic hydroxyl groups is 1. The van der Waals surface area contributed by atoms with Gasteiger partial charge in [-0.2, -0.15) is 5.26 Å². The highest BCUT2D eigenvalue weighted by molar-refractivity contribution is 6.30. The van der Waals surface area contributed by atoms with Gasteiger partial charge in [0.15, 0.2) is 0 Å². The molecule has 0 bridgehead atoms. The van der Waals surface area contributed by atoms with Crippen LogP contribution < -0.4 is 10.2 Å². The summed E-state index contributed by atoms with van der Waals surface area (Å²) in [6, 6.07) is 15.9. The lowest BCUT2D eigenvalue weighted by Gasteiger charge is -2.35. The van der Waals surface area contributed by atoms with Crippen LogP contribution in [0.15, 0.2) is 60.3 Å². The van der Waals surface area contributed by atoms with Crippen molar-refractivity contribution in [3.63, 3.8) is 0 Å². The molecular weight excluding hydrogens is 364 g/mol. The van der Waals surface area contributed by atoms with E-state index >= 15 is 0 Å². The molecule has 1 fully saturated rings. The van der Waals surface area contributed by atoms with Crippen molar-refractivity contribution in [2.75, 3.05) is 36.4 Å². The van der Waals surface area contributed by atoms with Crippen LogP contribution in [0, 0.1) is 11.3 Å². The Labute approximate surface area is 162 Å². The van der Waals surface area contributed by atoms with E-state index in [4.69, 9.17) is 11.6 Å². The minimum atomic E-state index is -0.500. The maximum Gasteiger partial charge on any atom is 0.267 e.